The average molecular weight is 155 g/mol. The van der Waals surface area contributed by atoms with Gasteiger partial charge in [0.15, 0.2) is 0 Å². The van der Waals surface area contributed by atoms with E-state index < -0.39 is 0 Å². The van der Waals surface area contributed by atoms with Crippen molar-refractivity contribution in [3.63, 3.8) is 0 Å². The Balaban J connectivity index is 1.71. The molecule has 0 saturated carbocycles. The zero-order chi connectivity index (χ0) is 7.52. The maximum atomic E-state index is 5.30. The molecule has 0 N–H and O–H groups in total. The molecular formula is C9H15O2. The molecule has 2 aliphatic heterocycles. The summed E-state index contributed by atoms with van der Waals surface area (Å²) in [5, 5.41) is 0. The van der Waals surface area contributed by atoms with Crippen molar-refractivity contribution < 1.29 is 9.47 Å². The fourth-order valence-corrected chi connectivity index (χ4v) is 1.79. The highest BCUT2D eigenvalue weighted by atomic mass is 16.5. The van der Waals surface area contributed by atoms with Crippen LogP contribution in [-0.4, -0.2) is 26.4 Å². The van der Waals surface area contributed by atoms with Crippen LogP contribution in [0.4, 0.5) is 0 Å². The van der Waals surface area contributed by atoms with E-state index in [4.69, 9.17) is 9.47 Å². The van der Waals surface area contributed by atoms with Crippen LogP contribution in [0.1, 0.15) is 12.8 Å². The summed E-state index contributed by atoms with van der Waals surface area (Å²) in [7, 11) is 0. The zero-order valence-corrected chi connectivity index (χ0v) is 6.79. The number of hydrogen-bond acceptors (Lipinski definition) is 2. The van der Waals surface area contributed by atoms with Crippen molar-refractivity contribution in [2.75, 3.05) is 26.4 Å². The van der Waals surface area contributed by atoms with E-state index in [1.165, 1.54) is 12.8 Å². The van der Waals surface area contributed by atoms with Gasteiger partial charge in [0.05, 0.1) is 0 Å². The van der Waals surface area contributed by atoms with E-state index in [0.29, 0.717) is 11.8 Å². The number of ether oxygens (including phenoxy) is 2. The Hall–Kier alpha value is -0.0800. The molecule has 2 aliphatic rings. The summed E-state index contributed by atoms with van der Waals surface area (Å²) >= 11 is 0. The van der Waals surface area contributed by atoms with Gasteiger partial charge in [-0.05, 0) is 31.1 Å². The first-order valence-corrected chi connectivity index (χ1v) is 4.45. The molecule has 0 aliphatic carbocycles. The van der Waals surface area contributed by atoms with Crippen molar-refractivity contribution in [2.24, 2.45) is 11.8 Å². The molecule has 0 aromatic heterocycles. The summed E-state index contributed by atoms with van der Waals surface area (Å²) in [4.78, 5) is 0. The lowest BCUT2D eigenvalue weighted by Crippen LogP contribution is -2.09. The lowest BCUT2D eigenvalue weighted by atomic mass is 9.93. The van der Waals surface area contributed by atoms with Crippen LogP contribution in [0.15, 0.2) is 0 Å². The summed E-state index contributed by atoms with van der Waals surface area (Å²) in [5.41, 5.74) is 0. The van der Waals surface area contributed by atoms with E-state index in [9.17, 15) is 0 Å². The smallest absolute Gasteiger partial charge is 0.0497 e. The van der Waals surface area contributed by atoms with E-state index >= 15 is 0 Å². The lowest BCUT2D eigenvalue weighted by molar-refractivity contribution is 0.180. The van der Waals surface area contributed by atoms with Crippen LogP contribution < -0.4 is 0 Å². The second-order valence-corrected chi connectivity index (χ2v) is 3.44. The molecule has 11 heavy (non-hydrogen) atoms. The third-order valence-corrected chi connectivity index (χ3v) is 2.47. The third kappa shape index (κ3) is 1.94. The molecule has 1 radical (unpaired) electrons. The topological polar surface area (TPSA) is 18.5 Å². The predicted molar refractivity (Wildman–Crippen MR) is 42.2 cm³/mol. The molecule has 2 heterocycles. The maximum absolute atomic E-state index is 5.30. The summed E-state index contributed by atoms with van der Waals surface area (Å²) in [6, 6.07) is 0. The molecule has 2 rings (SSSR count). The monoisotopic (exact) mass is 155 g/mol. The third-order valence-electron chi connectivity index (χ3n) is 2.47. The molecule has 2 nitrogen and oxygen atoms in total. The van der Waals surface area contributed by atoms with Gasteiger partial charge in [-0.2, -0.15) is 0 Å². The highest BCUT2D eigenvalue weighted by molar-refractivity contribution is 4.87. The average Bonchev–Trinajstić information content (AvgIpc) is 2.60. The van der Waals surface area contributed by atoms with Crippen molar-refractivity contribution in [2.45, 2.75) is 12.8 Å². The molecule has 0 aromatic rings. The Kier molecular flexibility index (Phi) is 2.44. The minimum Gasteiger partial charge on any atom is -0.381 e. The first-order valence-electron chi connectivity index (χ1n) is 4.45. The quantitative estimate of drug-likeness (QED) is 0.597. The van der Waals surface area contributed by atoms with Gasteiger partial charge in [-0.25, -0.2) is 0 Å². The van der Waals surface area contributed by atoms with Crippen LogP contribution in [0.3, 0.4) is 0 Å². The molecule has 0 aromatic carbocycles. The lowest BCUT2D eigenvalue weighted by Gasteiger charge is -2.10. The van der Waals surface area contributed by atoms with Crippen LogP contribution in [0, 0.1) is 18.3 Å². The molecular weight excluding hydrogens is 140 g/mol. The molecule has 2 heteroatoms. The van der Waals surface area contributed by atoms with Crippen LogP contribution in [0.2, 0.25) is 0 Å². The van der Waals surface area contributed by atoms with Gasteiger partial charge in [-0.15, -0.1) is 0 Å². The van der Waals surface area contributed by atoms with E-state index in [0.717, 1.165) is 26.4 Å². The van der Waals surface area contributed by atoms with Gasteiger partial charge in [0, 0.05) is 26.4 Å². The second-order valence-electron chi connectivity index (χ2n) is 3.44. The first-order chi connectivity index (χ1) is 5.45. The van der Waals surface area contributed by atoms with Crippen LogP contribution in [0.25, 0.3) is 0 Å². The van der Waals surface area contributed by atoms with Crippen molar-refractivity contribution in [1.82, 2.24) is 0 Å². The second kappa shape index (κ2) is 3.55. The highest BCUT2D eigenvalue weighted by Gasteiger charge is 2.23. The van der Waals surface area contributed by atoms with Gasteiger partial charge in [0.1, 0.15) is 0 Å². The van der Waals surface area contributed by atoms with Crippen molar-refractivity contribution in [3.8, 4) is 0 Å². The van der Waals surface area contributed by atoms with Crippen molar-refractivity contribution >= 4 is 0 Å². The predicted octanol–water partition coefficient (Wildman–Crippen LogP) is 1.26. The minimum absolute atomic E-state index is 0.710. The standard InChI is InChI=1S/C9H15O2/c1-3-10-6-8(1)5-9-2-4-11-7-9/h5,8-9H,1-4,6-7H2. The van der Waals surface area contributed by atoms with E-state index in [-0.39, 0.29) is 0 Å². The van der Waals surface area contributed by atoms with Gasteiger partial charge >= 0.3 is 0 Å². The molecule has 2 unspecified atom stereocenters. The number of hydrogen-bond donors (Lipinski definition) is 0. The first kappa shape index (κ1) is 7.56. The SMILES string of the molecule is [CH](C1CCOC1)C1CCOC1. The van der Waals surface area contributed by atoms with Gasteiger partial charge in [0.25, 0.3) is 0 Å². The summed E-state index contributed by atoms with van der Waals surface area (Å²) in [5.74, 6) is 1.42. The van der Waals surface area contributed by atoms with Crippen LogP contribution in [0.5, 0.6) is 0 Å². The van der Waals surface area contributed by atoms with E-state index in [2.05, 4.69) is 6.42 Å². The largest absolute Gasteiger partial charge is 0.381 e. The fraction of sp³-hybridized carbons (Fsp3) is 0.889. The minimum atomic E-state index is 0.710. The van der Waals surface area contributed by atoms with Gasteiger partial charge in [-0.3, -0.25) is 0 Å². The summed E-state index contributed by atoms with van der Waals surface area (Å²) in [6.45, 7) is 3.79. The Bertz CT molecular complexity index is 98.7. The molecule has 2 atom stereocenters. The zero-order valence-electron chi connectivity index (χ0n) is 6.79. The van der Waals surface area contributed by atoms with Crippen molar-refractivity contribution in [1.29, 1.82) is 0 Å². The van der Waals surface area contributed by atoms with Crippen molar-refractivity contribution in [3.05, 3.63) is 6.42 Å². The van der Waals surface area contributed by atoms with Gasteiger partial charge in [0.2, 0.25) is 0 Å². The molecule has 0 amide bonds. The summed E-state index contributed by atoms with van der Waals surface area (Å²) in [6.07, 6.45) is 4.87. The highest BCUT2D eigenvalue weighted by Crippen LogP contribution is 2.24. The number of rotatable bonds is 2. The van der Waals surface area contributed by atoms with Gasteiger partial charge < -0.3 is 9.47 Å². The van der Waals surface area contributed by atoms with E-state index in [1.807, 2.05) is 0 Å². The molecule has 0 bridgehead atoms. The van der Waals surface area contributed by atoms with Crippen LogP contribution in [-0.2, 0) is 9.47 Å². The fourth-order valence-electron chi connectivity index (χ4n) is 1.79. The molecule has 63 valence electrons. The van der Waals surface area contributed by atoms with Gasteiger partial charge in [-0.1, -0.05) is 0 Å². The Morgan fingerprint density at radius 1 is 0.909 bits per heavy atom. The van der Waals surface area contributed by atoms with E-state index in [1.54, 1.807) is 0 Å². The maximum Gasteiger partial charge on any atom is 0.0497 e. The van der Waals surface area contributed by atoms with Crippen LogP contribution >= 0.6 is 0 Å². The molecule has 0 spiro atoms. The molecule has 2 saturated heterocycles. The normalized spacial score (nSPS) is 38.2. The molecule has 2 fully saturated rings. The Morgan fingerprint density at radius 3 is 1.82 bits per heavy atom. The Morgan fingerprint density at radius 2 is 1.45 bits per heavy atom. The summed E-state index contributed by atoms with van der Waals surface area (Å²) < 4.78 is 10.6. The Labute approximate surface area is 67.9 Å².